The van der Waals surface area contributed by atoms with Gasteiger partial charge in [-0.1, -0.05) is 23.7 Å². The second kappa shape index (κ2) is 14.1. The second-order valence-corrected chi connectivity index (χ2v) is 14.0. The molecule has 2 aromatic heterocycles. The zero-order chi connectivity index (χ0) is 35.1. The average Bonchev–Trinajstić information content (AvgIpc) is 3.86. The van der Waals surface area contributed by atoms with Crippen molar-refractivity contribution in [2.24, 2.45) is 4.99 Å². The molecule has 0 spiro atoms. The molecule has 0 aliphatic carbocycles. The number of piperidine rings is 1. The van der Waals surface area contributed by atoms with E-state index in [1.54, 1.807) is 36.6 Å². The van der Waals surface area contributed by atoms with Crippen LogP contribution >= 0.6 is 11.6 Å². The summed E-state index contributed by atoms with van der Waals surface area (Å²) in [4.78, 5) is 26.4. The maximum absolute atomic E-state index is 17.2. The number of methoxy groups -OCH3 is 1. The molecule has 0 N–H and O–H groups in total. The van der Waals surface area contributed by atoms with Crippen LogP contribution in [0.4, 0.5) is 4.39 Å². The molecular formula is C38H41ClFN7O3. The first-order chi connectivity index (χ1) is 24.2. The third-order valence-corrected chi connectivity index (χ3v) is 10.9. The van der Waals surface area contributed by atoms with Crippen molar-refractivity contribution in [3.05, 3.63) is 63.6 Å². The maximum atomic E-state index is 17.2. The van der Waals surface area contributed by atoms with Crippen molar-refractivity contribution in [2.75, 3.05) is 40.5 Å². The van der Waals surface area contributed by atoms with Crippen molar-refractivity contribution in [1.82, 2.24) is 24.6 Å². The van der Waals surface area contributed by atoms with Crippen LogP contribution in [0.3, 0.4) is 0 Å². The molecule has 50 heavy (non-hydrogen) atoms. The number of aromatic nitrogens is 3. The Morgan fingerprint density at radius 2 is 2.02 bits per heavy atom. The molecule has 0 bridgehead atoms. The number of hydrogen-bond acceptors (Lipinski definition) is 8. The van der Waals surface area contributed by atoms with Gasteiger partial charge in [0.1, 0.15) is 12.1 Å². The summed E-state index contributed by atoms with van der Waals surface area (Å²) in [6, 6.07) is 5.90. The van der Waals surface area contributed by atoms with Crippen LogP contribution in [-0.4, -0.2) is 89.2 Å². The predicted molar refractivity (Wildman–Crippen MR) is 192 cm³/mol. The van der Waals surface area contributed by atoms with Crippen LogP contribution < -0.4 is 4.74 Å². The number of fused-ring (bicyclic) bond motifs is 4. The third-order valence-electron chi connectivity index (χ3n) is 10.6. The van der Waals surface area contributed by atoms with Crippen LogP contribution in [0.2, 0.25) is 5.02 Å². The van der Waals surface area contributed by atoms with Crippen molar-refractivity contribution in [1.29, 1.82) is 5.26 Å². The Morgan fingerprint density at radius 1 is 1.18 bits per heavy atom. The Kier molecular flexibility index (Phi) is 9.61. The topological polar surface area (TPSA) is 109 Å². The van der Waals surface area contributed by atoms with Crippen molar-refractivity contribution in [2.45, 2.75) is 70.6 Å². The number of ether oxygens (including phenoxy) is 2. The van der Waals surface area contributed by atoms with Crippen LogP contribution in [0.5, 0.6) is 5.88 Å². The second-order valence-electron chi connectivity index (χ2n) is 13.6. The van der Waals surface area contributed by atoms with Crippen molar-refractivity contribution < 1.29 is 18.7 Å². The summed E-state index contributed by atoms with van der Waals surface area (Å²) in [5, 5.41) is 16.0. The first-order valence-corrected chi connectivity index (χ1v) is 17.6. The average molecular weight is 698 g/mol. The number of nitriles is 1. The third kappa shape index (κ3) is 6.03. The summed E-state index contributed by atoms with van der Waals surface area (Å²) in [6.45, 7) is 6.73. The minimum Gasteiger partial charge on any atom is -0.475 e. The molecule has 10 nitrogen and oxygen atoms in total. The SMILES string of the molecule is COC/C=C/C(=O)N1CC[C@H](n2ncc3c(OC[C@@H]4CCCN4C)nc4c(F)c(-c5c(C)c(C)cc6c5C=NC6)c(Cl)cc4c32)C[C@H]1CC#N. The Hall–Kier alpha value is -4.37. The van der Waals surface area contributed by atoms with E-state index in [0.717, 1.165) is 47.2 Å². The summed E-state index contributed by atoms with van der Waals surface area (Å²) < 4.78 is 30.6. The van der Waals surface area contributed by atoms with Gasteiger partial charge < -0.3 is 19.3 Å². The minimum absolute atomic E-state index is 0.155. The summed E-state index contributed by atoms with van der Waals surface area (Å²) >= 11 is 7.07. The lowest BCUT2D eigenvalue weighted by molar-refractivity contribution is -0.130. The molecule has 0 unspecified atom stereocenters. The standard InChI is InChI=1S/C38H41ClFN7O3/c1-22-15-24-18-42-19-29(24)33(23(22)2)34-31(39)17-28-36(35(34)40)44-38(50-21-27-7-5-12-45(27)3)30-20-43-47(37(28)30)26-10-13-46(25(16-26)9-11-41)32(48)8-6-14-49-4/h6,8,15,17,19-20,25-27H,5,7,9-10,12-14,16,18,21H2,1-4H3/b8-6+/t25-,26+,27+/m1/s1. The highest BCUT2D eigenvalue weighted by Gasteiger charge is 2.34. The molecule has 0 saturated carbocycles. The maximum Gasteiger partial charge on any atom is 0.246 e. The molecule has 260 valence electrons. The van der Waals surface area contributed by atoms with Crippen molar-refractivity contribution >= 4 is 45.5 Å². The molecule has 4 aromatic rings. The number of carbonyl (C=O) groups excluding carboxylic acids is 1. The monoisotopic (exact) mass is 697 g/mol. The van der Waals surface area contributed by atoms with E-state index >= 15 is 4.39 Å². The number of amides is 1. The van der Waals surface area contributed by atoms with Gasteiger partial charge in [-0.3, -0.25) is 14.5 Å². The lowest BCUT2D eigenvalue weighted by atomic mass is 9.88. The highest BCUT2D eigenvalue weighted by molar-refractivity contribution is 6.35. The molecule has 3 atom stereocenters. The number of rotatable bonds is 9. The van der Waals surface area contributed by atoms with Gasteiger partial charge in [0, 0.05) is 54.5 Å². The van der Waals surface area contributed by atoms with Gasteiger partial charge in [-0.15, -0.1) is 0 Å². The van der Waals surface area contributed by atoms with Gasteiger partial charge in [-0.05, 0) is 81.4 Å². The van der Waals surface area contributed by atoms with E-state index in [-0.39, 0.29) is 41.0 Å². The lowest BCUT2D eigenvalue weighted by Gasteiger charge is -2.38. The molecule has 12 heteroatoms. The van der Waals surface area contributed by atoms with Gasteiger partial charge in [0.25, 0.3) is 0 Å². The van der Waals surface area contributed by atoms with Gasteiger partial charge in [0.15, 0.2) is 5.82 Å². The van der Waals surface area contributed by atoms with E-state index < -0.39 is 5.82 Å². The fraction of sp³-hybridized carbons (Fsp3) is 0.447. The lowest BCUT2D eigenvalue weighted by Crippen LogP contribution is -2.46. The summed E-state index contributed by atoms with van der Waals surface area (Å²) in [6.07, 6.45) is 10.1. The highest BCUT2D eigenvalue weighted by atomic mass is 35.5. The van der Waals surface area contributed by atoms with Crippen LogP contribution in [0.15, 0.2) is 35.5 Å². The zero-order valence-electron chi connectivity index (χ0n) is 28.9. The number of aryl methyl sites for hydroxylation is 1. The smallest absolute Gasteiger partial charge is 0.246 e. The summed E-state index contributed by atoms with van der Waals surface area (Å²) in [5.41, 5.74) is 5.74. The quantitative estimate of drug-likeness (QED) is 0.179. The van der Waals surface area contributed by atoms with Crippen LogP contribution in [0.25, 0.3) is 32.9 Å². The van der Waals surface area contributed by atoms with E-state index in [1.807, 2.05) is 18.5 Å². The van der Waals surface area contributed by atoms with Crippen LogP contribution in [0, 0.1) is 31.0 Å². The number of likely N-dealkylation sites (N-methyl/N-ethyl adjacent to an activating group) is 1. The zero-order valence-corrected chi connectivity index (χ0v) is 29.6. The molecule has 3 aliphatic rings. The summed E-state index contributed by atoms with van der Waals surface area (Å²) in [5.74, 6) is -0.354. The van der Waals surface area contributed by atoms with Gasteiger partial charge in [0.2, 0.25) is 11.8 Å². The molecule has 2 saturated heterocycles. The number of aliphatic imine (C=N–C) groups is 1. The number of nitrogens with zero attached hydrogens (tertiary/aromatic N) is 7. The van der Waals surface area contributed by atoms with Crippen molar-refractivity contribution in [3.63, 3.8) is 0 Å². The Balaban J connectivity index is 1.36. The number of carbonyl (C=O) groups is 1. The molecule has 5 heterocycles. The number of likely N-dealkylation sites (tertiary alicyclic amines) is 2. The number of benzene rings is 2. The van der Waals surface area contributed by atoms with E-state index in [4.69, 9.17) is 31.2 Å². The molecule has 0 radical (unpaired) electrons. The predicted octanol–water partition coefficient (Wildman–Crippen LogP) is 6.71. The molecule has 3 aliphatic heterocycles. The van der Waals surface area contributed by atoms with Gasteiger partial charge in [-0.25, -0.2) is 9.37 Å². The highest BCUT2D eigenvalue weighted by Crippen LogP contribution is 2.44. The normalized spacial score (nSPS) is 20.7. The van der Waals surface area contributed by atoms with E-state index in [2.05, 4.69) is 29.1 Å². The van der Waals surface area contributed by atoms with Gasteiger partial charge in [-0.2, -0.15) is 10.4 Å². The first-order valence-electron chi connectivity index (χ1n) is 17.2. The van der Waals surface area contributed by atoms with Gasteiger partial charge in [0.05, 0.1) is 53.8 Å². The Morgan fingerprint density at radius 3 is 2.78 bits per heavy atom. The fourth-order valence-corrected chi connectivity index (χ4v) is 8.14. The van der Waals surface area contributed by atoms with Crippen LogP contribution in [-0.2, 0) is 16.1 Å². The number of halogens is 2. The minimum atomic E-state index is -0.521. The first kappa shape index (κ1) is 34.1. The molecule has 2 aromatic carbocycles. The molecule has 2 fully saturated rings. The Bertz CT molecular complexity index is 2090. The number of pyridine rings is 1. The van der Waals surface area contributed by atoms with Crippen molar-refractivity contribution in [3.8, 4) is 23.1 Å². The van der Waals surface area contributed by atoms with Crippen LogP contribution in [0.1, 0.15) is 60.4 Å². The molecule has 1 amide bonds. The largest absolute Gasteiger partial charge is 0.475 e. The van der Waals surface area contributed by atoms with Gasteiger partial charge >= 0.3 is 0 Å². The van der Waals surface area contributed by atoms with E-state index in [9.17, 15) is 10.1 Å². The number of hydrogen-bond donors (Lipinski definition) is 0. The molecule has 7 rings (SSSR count). The van der Waals surface area contributed by atoms with E-state index in [1.165, 1.54) is 6.08 Å². The summed E-state index contributed by atoms with van der Waals surface area (Å²) in [7, 11) is 3.66. The Labute approximate surface area is 296 Å². The fourth-order valence-electron chi connectivity index (χ4n) is 7.85. The molecular weight excluding hydrogens is 657 g/mol. The van der Waals surface area contributed by atoms with E-state index in [0.29, 0.717) is 66.9 Å².